The van der Waals surface area contributed by atoms with E-state index in [0.717, 1.165) is 17.5 Å². The maximum Gasteiger partial charge on any atom is 0.127 e. The molecule has 0 bridgehead atoms. The van der Waals surface area contributed by atoms with E-state index in [2.05, 4.69) is 95.6 Å². The van der Waals surface area contributed by atoms with Crippen molar-refractivity contribution in [3.8, 4) is 0 Å². The van der Waals surface area contributed by atoms with Crippen LogP contribution in [0.2, 0.25) is 18.6 Å². The van der Waals surface area contributed by atoms with E-state index in [1.165, 1.54) is 49.7 Å². The summed E-state index contributed by atoms with van der Waals surface area (Å²) in [6, 6.07) is 9.98. The zero-order valence-corrected chi connectivity index (χ0v) is 23.5. The Kier molecular flexibility index (Phi) is 5.69. The van der Waals surface area contributed by atoms with Crippen molar-refractivity contribution in [2.24, 2.45) is 17.8 Å². The lowest BCUT2D eigenvalue weighted by atomic mass is 9.76. The molecule has 2 heteroatoms. The first-order valence-electron chi connectivity index (χ1n) is 13.8. The molecule has 4 aliphatic rings. The van der Waals surface area contributed by atoms with Crippen LogP contribution in [0.3, 0.4) is 0 Å². The van der Waals surface area contributed by atoms with Crippen LogP contribution in [0.1, 0.15) is 91.2 Å². The molecule has 0 N–H and O–H groups in total. The average molecular weight is 462 g/mol. The summed E-state index contributed by atoms with van der Waals surface area (Å²) in [5.41, 5.74) is 7.41. The van der Waals surface area contributed by atoms with Gasteiger partial charge in [0.05, 0.1) is 0 Å². The molecule has 0 aromatic heterocycles. The third-order valence-electron chi connectivity index (χ3n) is 9.86. The SMILES string of the molecule is CC1CC2C=C3C(=CC2C1[Si](C)(C)N(C1CCCCC1)C(C)(C)C)C(C)(C)c1ccccc13. The number of nitrogens with zero attached hydrogens (tertiary/aromatic N) is 1. The number of hydrogen-bond donors (Lipinski definition) is 0. The maximum atomic E-state index is 3.12. The van der Waals surface area contributed by atoms with Crippen LogP contribution < -0.4 is 0 Å². The van der Waals surface area contributed by atoms with Gasteiger partial charge in [-0.2, -0.15) is 0 Å². The fraction of sp³-hybridized carbons (Fsp3) is 0.677. The van der Waals surface area contributed by atoms with Gasteiger partial charge in [0.1, 0.15) is 8.24 Å². The molecule has 1 nitrogen and oxygen atoms in total. The molecule has 4 atom stereocenters. The molecule has 4 unspecified atom stereocenters. The second-order valence-corrected chi connectivity index (χ2v) is 18.3. The van der Waals surface area contributed by atoms with Crippen LogP contribution in [0.25, 0.3) is 5.57 Å². The highest BCUT2D eigenvalue weighted by Gasteiger charge is 2.55. The van der Waals surface area contributed by atoms with Crippen LogP contribution in [0.5, 0.6) is 0 Å². The standard InChI is InChI=1S/C31H47NSi/c1-21-18-22-19-26-24-16-12-13-17-27(24)31(5,6)28(26)20-25(22)29(21)33(7,8)32(30(2,3)4)23-14-10-9-11-15-23/h12-13,16-17,19-23,25,29H,9-11,14-15,18H2,1-8H3. The van der Waals surface area contributed by atoms with Crippen LogP contribution in [-0.4, -0.2) is 24.4 Å². The molecule has 0 radical (unpaired) electrons. The van der Waals surface area contributed by atoms with E-state index >= 15 is 0 Å². The van der Waals surface area contributed by atoms with Crippen LogP contribution in [-0.2, 0) is 5.41 Å². The molecule has 0 saturated heterocycles. The summed E-state index contributed by atoms with van der Waals surface area (Å²) in [4.78, 5) is 0. The first kappa shape index (κ1) is 23.6. The quantitative estimate of drug-likeness (QED) is 0.407. The molecule has 1 aromatic carbocycles. The number of allylic oxidation sites excluding steroid dienone is 4. The minimum absolute atomic E-state index is 0.128. The average Bonchev–Trinajstić information content (AvgIpc) is 3.17. The minimum atomic E-state index is -1.70. The zero-order chi connectivity index (χ0) is 23.8. The Bertz CT molecular complexity index is 969. The van der Waals surface area contributed by atoms with E-state index in [4.69, 9.17) is 0 Å². The second-order valence-electron chi connectivity index (χ2n) is 13.8. The Morgan fingerprint density at radius 2 is 1.64 bits per heavy atom. The van der Waals surface area contributed by atoms with E-state index in [-0.39, 0.29) is 11.0 Å². The van der Waals surface area contributed by atoms with Crippen LogP contribution in [0.15, 0.2) is 42.0 Å². The molecule has 33 heavy (non-hydrogen) atoms. The third kappa shape index (κ3) is 3.66. The van der Waals surface area contributed by atoms with Gasteiger partial charge in [0.15, 0.2) is 0 Å². The molecule has 2 saturated carbocycles. The first-order valence-corrected chi connectivity index (χ1v) is 16.8. The topological polar surface area (TPSA) is 3.24 Å². The highest BCUT2D eigenvalue weighted by atomic mass is 28.3. The van der Waals surface area contributed by atoms with Crippen molar-refractivity contribution in [1.82, 2.24) is 4.57 Å². The number of rotatable bonds is 3. The minimum Gasteiger partial charge on any atom is -0.316 e. The van der Waals surface area contributed by atoms with Crippen LogP contribution in [0, 0.1) is 17.8 Å². The molecular formula is C31H47NSi. The van der Waals surface area contributed by atoms with Crippen molar-refractivity contribution in [2.75, 3.05) is 0 Å². The zero-order valence-electron chi connectivity index (χ0n) is 22.5. The summed E-state index contributed by atoms with van der Waals surface area (Å²) in [5.74, 6) is 2.23. The van der Waals surface area contributed by atoms with Gasteiger partial charge in [0, 0.05) is 17.0 Å². The molecule has 0 aliphatic heterocycles. The third-order valence-corrected chi connectivity index (χ3v) is 14.7. The van der Waals surface area contributed by atoms with E-state index < -0.39 is 8.24 Å². The van der Waals surface area contributed by atoms with Gasteiger partial charge in [0.2, 0.25) is 0 Å². The van der Waals surface area contributed by atoms with Gasteiger partial charge < -0.3 is 4.57 Å². The smallest absolute Gasteiger partial charge is 0.127 e. The number of benzene rings is 1. The predicted octanol–water partition coefficient (Wildman–Crippen LogP) is 8.58. The fourth-order valence-electron chi connectivity index (χ4n) is 9.11. The summed E-state index contributed by atoms with van der Waals surface area (Å²) < 4.78 is 3.12. The largest absolute Gasteiger partial charge is 0.316 e. The van der Waals surface area contributed by atoms with Crippen molar-refractivity contribution in [1.29, 1.82) is 0 Å². The van der Waals surface area contributed by atoms with Gasteiger partial charge in [-0.3, -0.25) is 0 Å². The van der Waals surface area contributed by atoms with Gasteiger partial charge >= 0.3 is 0 Å². The first-order chi connectivity index (χ1) is 15.4. The second kappa shape index (κ2) is 7.95. The van der Waals surface area contributed by atoms with Crippen LogP contribution >= 0.6 is 0 Å². The summed E-state index contributed by atoms with van der Waals surface area (Å²) >= 11 is 0. The maximum absolute atomic E-state index is 3.12. The Balaban J connectivity index is 1.55. The molecular weight excluding hydrogens is 414 g/mol. The number of hydrogen-bond acceptors (Lipinski definition) is 1. The molecule has 0 heterocycles. The number of fused-ring (bicyclic) bond motifs is 4. The van der Waals surface area contributed by atoms with Gasteiger partial charge in [-0.1, -0.05) is 89.5 Å². The van der Waals surface area contributed by atoms with Crippen molar-refractivity contribution in [3.05, 3.63) is 53.1 Å². The molecule has 5 rings (SSSR count). The van der Waals surface area contributed by atoms with Crippen molar-refractivity contribution in [2.45, 2.75) is 116 Å². The normalized spacial score (nSPS) is 31.7. The summed E-state index contributed by atoms with van der Waals surface area (Å²) in [5, 5.41) is 0. The monoisotopic (exact) mass is 461 g/mol. The van der Waals surface area contributed by atoms with Gasteiger partial charge in [-0.15, -0.1) is 0 Å². The van der Waals surface area contributed by atoms with Gasteiger partial charge in [-0.25, -0.2) is 0 Å². The van der Waals surface area contributed by atoms with Crippen molar-refractivity contribution in [3.63, 3.8) is 0 Å². The Morgan fingerprint density at radius 1 is 0.970 bits per heavy atom. The molecule has 180 valence electrons. The lowest BCUT2D eigenvalue weighted by molar-refractivity contribution is 0.139. The predicted molar refractivity (Wildman–Crippen MR) is 146 cm³/mol. The molecule has 1 aromatic rings. The lowest BCUT2D eigenvalue weighted by Crippen LogP contribution is -2.65. The van der Waals surface area contributed by atoms with E-state index in [0.29, 0.717) is 11.8 Å². The van der Waals surface area contributed by atoms with E-state index in [1.54, 1.807) is 11.1 Å². The molecule has 2 fully saturated rings. The van der Waals surface area contributed by atoms with Crippen LogP contribution in [0.4, 0.5) is 0 Å². The molecule has 0 spiro atoms. The lowest BCUT2D eigenvalue weighted by Gasteiger charge is -2.56. The molecule has 0 amide bonds. The van der Waals surface area contributed by atoms with E-state index in [9.17, 15) is 0 Å². The summed E-state index contributed by atoms with van der Waals surface area (Å²) in [6.45, 7) is 20.5. The highest BCUT2D eigenvalue weighted by molar-refractivity contribution is 6.76. The summed E-state index contributed by atoms with van der Waals surface area (Å²) in [7, 11) is -1.70. The fourth-order valence-corrected chi connectivity index (χ4v) is 15.2. The van der Waals surface area contributed by atoms with Gasteiger partial charge in [0.25, 0.3) is 0 Å². The Labute approximate surface area is 204 Å². The molecule has 4 aliphatic carbocycles. The van der Waals surface area contributed by atoms with Gasteiger partial charge in [-0.05, 0) is 85.6 Å². The Hall–Kier alpha value is -1.12. The van der Waals surface area contributed by atoms with E-state index in [1.807, 2.05) is 0 Å². The Morgan fingerprint density at radius 3 is 2.30 bits per heavy atom. The highest BCUT2D eigenvalue weighted by Crippen LogP contribution is 2.61. The van der Waals surface area contributed by atoms with Crippen molar-refractivity contribution >= 4 is 13.8 Å². The van der Waals surface area contributed by atoms with Crippen molar-refractivity contribution < 1.29 is 0 Å². The summed E-state index contributed by atoms with van der Waals surface area (Å²) in [6.07, 6.45) is 14.0.